The fourth-order valence-corrected chi connectivity index (χ4v) is 5.38. The fourth-order valence-electron chi connectivity index (χ4n) is 3.81. The van der Waals surface area contributed by atoms with Crippen molar-refractivity contribution in [3.05, 3.63) is 65.2 Å². The van der Waals surface area contributed by atoms with Gasteiger partial charge in [0.15, 0.2) is 0 Å². The molecule has 0 N–H and O–H groups in total. The first-order chi connectivity index (χ1) is 12.9. The Morgan fingerprint density at radius 2 is 1.48 bits per heavy atom. The van der Waals surface area contributed by atoms with Crippen LogP contribution in [0.5, 0.6) is 0 Å². The Kier molecular flexibility index (Phi) is 4.36. The molecule has 2 aromatic carbocycles. The molecule has 7 heteroatoms. The van der Waals surface area contributed by atoms with Gasteiger partial charge in [-0.3, -0.25) is 14.5 Å². The second-order valence-electron chi connectivity index (χ2n) is 6.98. The minimum Gasteiger partial charge on any atom is -0.271 e. The highest BCUT2D eigenvalue weighted by molar-refractivity contribution is 7.89. The summed E-state index contributed by atoms with van der Waals surface area (Å²) < 4.78 is 27.1. The van der Waals surface area contributed by atoms with Crippen LogP contribution in [-0.4, -0.2) is 48.6 Å². The highest BCUT2D eigenvalue weighted by Crippen LogP contribution is 2.30. The minimum atomic E-state index is -3.57. The van der Waals surface area contributed by atoms with Crippen LogP contribution in [0.15, 0.2) is 53.4 Å². The van der Waals surface area contributed by atoms with E-state index in [9.17, 15) is 18.0 Å². The van der Waals surface area contributed by atoms with Crippen LogP contribution in [-0.2, 0) is 10.0 Å². The monoisotopic (exact) mass is 384 g/mol. The van der Waals surface area contributed by atoms with Crippen molar-refractivity contribution >= 4 is 21.8 Å². The smallest absolute Gasteiger partial charge is 0.261 e. The number of aryl methyl sites for hydroxylation is 1. The lowest BCUT2D eigenvalue weighted by Gasteiger charge is -2.35. The molecule has 4 rings (SSSR count). The van der Waals surface area contributed by atoms with Gasteiger partial charge in [0.25, 0.3) is 11.8 Å². The molecular weight excluding hydrogens is 364 g/mol. The van der Waals surface area contributed by atoms with Crippen molar-refractivity contribution in [2.75, 3.05) is 13.1 Å². The number of carbonyl (C=O) groups excluding carboxylic acids is 2. The molecule has 0 saturated carbocycles. The Balaban J connectivity index is 1.50. The Bertz CT molecular complexity index is 989. The van der Waals surface area contributed by atoms with E-state index in [1.54, 1.807) is 42.5 Å². The van der Waals surface area contributed by atoms with Gasteiger partial charge in [-0.05, 0) is 49.6 Å². The summed E-state index contributed by atoms with van der Waals surface area (Å²) in [5, 5.41) is 0. The number of sulfonamides is 1. The summed E-state index contributed by atoms with van der Waals surface area (Å²) in [4.78, 5) is 26.8. The van der Waals surface area contributed by atoms with Gasteiger partial charge in [-0.25, -0.2) is 8.42 Å². The third kappa shape index (κ3) is 2.96. The SMILES string of the molecule is Cc1cccc(S(=O)(=O)N2CCC(N3C(=O)c4ccccc4C3=O)CC2)c1. The maximum atomic E-state index is 12.9. The van der Waals surface area contributed by atoms with Gasteiger partial charge < -0.3 is 0 Å². The quantitative estimate of drug-likeness (QED) is 0.762. The van der Waals surface area contributed by atoms with Gasteiger partial charge in [0, 0.05) is 19.1 Å². The van der Waals surface area contributed by atoms with E-state index in [2.05, 4.69) is 0 Å². The third-order valence-corrected chi connectivity index (χ3v) is 7.14. The summed E-state index contributed by atoms with van der Waals surface area (Å²) in [7, 11) is -3.57. The Hall–Kier alpha value is -2.51. The van der Waals surface area contributed by atoms with Gasteiger partial charge >= 0.3 is 0 Å². The largest absolute Gasteiger partial charge is 0.271 e. The second kappa shape index (κ2) is 6.58. The van der Waals surface area contributed by atoms with Crippen LogP contribution in [0.3, 0.4) is 0 Å². The molecule has 2 aromatic rings. The maximum Gasteiger partial charge on any atom is 0.261 e. The lowest BCUT2D eigenvalue weighted by molar-refractivity contribution is 0.0536. The number of hydrogen-bond acceptors (Lipinski definition) is 4. The van der Waals surface area contributed by atoms with E-state index in [0.29, 0.717) is 24.0 Å². The van der Waals surface area contributed by atoms with E-state index in [1.165, 1.54) is 9.21 Å². The molecule has 27 heavy (non-hydrogen) atoms. The Morgan fingerprint density at radius 3 is 2.04 bits per heavy atom. The molecule has 0 bridgehead atoms. The van der Waals surface area contributed by atoms with Crippen molar-refractivity contribution in [2.24, 2.45) is 0 Å². The number of benzene rings is 2. The highest BCUT2D eigenvalue weighted by atomic mass is 32.2. The van der Waals surface area contributed by atoms with Crippen LogP contribution in [0.1, 0.15) is 39.1 Å². The molecule has 0 atom stereocenters. The Labute approximate surface area is 158 Å². The van der Waals surface area contributed by atoms with Crippen molar-refractivity contribution < 1.29 is 18.0 Å². The first-order valence-corrected chi connectivity index (χ1v) is 10.4. The Morgan fingerprint density at radius 1 is 0.889 bits per heavy atom. The molecular formula is C20H20N2O4S. The molecule has 2 aliphatic heterocycles. The van der Waals surface area contributed by atoms with Crippen LogP contribution in [0.25, 0.3) is 0 Å². The number of imide groups is 1. The van der Waals surface area contributed by atoms with Crippen molar-refractivity contribution in [3.63, 3.8) is 0 Å². The topological polar surface area (TPSA) is 74.8 Å². The van der Waals surface area contributed by atoms with Crippen LogP contribution in [0.4, 0.5) is 0 Å². The zero-order chi connectivity index (χ0) is 19.2. The lowest BCUT2D eigenvalue weighted by Crippen LogP contribution is -2.48. The van der Waals surface area contributed by atoms with Gasteiger partial charge in [0.1, 0.15) is 0 Å². The van der Waals surface area contributed by atoms with E-state index < -0.39 is 10.0 Å². The molecule has 1 saturated heterocycles. The molecule has 0 aromatic heterocycles. The molecule has 2 heterocycles. The van der Waals surface area contributed by atoms with E-state index in [-0.39, 0.29) is 35.8 Å². The standard InChI is InChI=1S/C20H20N2O4S/c1-14-5-4-6-16(13-14)27(25,26)21-11-9-15(10-12-21)22-19(23)17-7-2-3-8-18(17)20(22)24/h2-8,13,15H,9-12H2,1H3. The van der Waals surface area contributed by atoms with Crippen molar-refractivity contribution in [1.29, 1.82) is 0 Å². The number of hydrogen-bond donors (Lipinski definition) is 0. The number of nitrogens with zero attached hydrogens (tertiary/aromatic N) is 2. The molecule has 6 nitrogen and oxygen atoms in total. The minimum absolute atomic E-state index is 0.277. The predicted octanol–water partition coefficient (Wildman–Crippen LogP) is 2.44. The summed E-state index contributed by atoms with van der Waals surface area (Å²) in [6, 6.07) is 13.4. The summed E-state index contributed by atoms with van der Waals surface area (Å²) in [6.45, 7) is 2.43. The first-order valence-electron chi connectivity index (χ1n) is 8.93. The summed E-state index contributed by atoms with van der Waals surface area (Å²) in [5.74, 6) is -0.564. The molecule has 0 unspecified atom stereocenters. The highest BCUT2D eigenvalue weighted by Gasteiger charge is 2.41. The molecule has 0 aliphatic carbocycles. The number of rotatable bonds is 3. The van der Waals surface area contributed by atoms with E-state index >= 15 is 0 Å². The fraction of sp³-hybridized carbons (Fsp3) is 0.300. The van der Waals surface area contributed by atoms with Crippen LogP contribution >= 0.6 is 0 Å². The summed E-state index contributed by atoms with van der Waals surface area (Å²) in [5.41, 5.74) is 1.74. The van der Waals surface area contributed by atoms with E-state index in [0.717, 1.165) is 5.56 Å². The van der Waals surface area contributed by atoms with Crippen LogP contribution in [0, 0.1) is 6.92 Å². The third-order valence-electron chi connectivity index (χ3n) is 5.24. The van der Waals surface area contributed by atoms with Gasteiger partial charge in [-0.1, -0.05) is 24.3 Å². The van der Waals surface area contributed by atoms with Crippen molar-refractivity contribution in [3.8, 4) is 0 Å². The van der Waals surface area contributed by atoms with Gasteiger partial charge in [-0.2, -0.15) is 4.31 Å². The van der Waals surface area contributed by atoms with Crippen LogP contribution < -0.4 is 0 Å². The average molecular weight is 384 g/mol. The normalized spacial score (nSPS) is 18.8. The number of amides is 2. The maximum absolute atomic E-state index is 12.9. The first kappa shape index (κ1) is 17.9. The van der Waals surface area contributed by atoms with Crippen molar-refractivity contribution in [1.82, 2.24) is 9.21 Å². The second-order valence-corrected chi connectivity index (χ2v) is 8.92. The molecule has 2 amide bonds. The molecule has 0 spiro atoms. The molecule has 0 radical (unpaired) electrons. The summed E-state index contributed by atoms with van der Waals surface area (Å²) >= 11 is 0. The summed E-state index contributed by atoms with van der Waals surface area (Å²) in [6.07, 6.45) is 0.882. The van der Waals surface area contributed by atoms with Crippen LogP contribution in [0.2, 0.25) is 0 Å². The molecule has 2 aliphatic rings. The average Bonchev–Trinajstić information content (AvgIpc) is 2.93. The molecule has 1 fully saturated rings. The van der Waals surface area contributed by atoms with E-state index in [4.69, 9.17) is 0 Å². The van der Waals surface area contributed by atoms with Gasteiger partial charge in [-0.15, -0.1) is 0 Å². The van der Waals surface area contributed by atoms with E-state index in [1.807, 2.05) is 13.0 Å². The zero-order valence-corrected chi connectivity index (χ0v) is 15.8. The van der Waals surface area contributed by atoms with Crippen molar-refractivity contribution in [2.45, 2.75) is 30.7 Å². The lowest BCUT2D eigenvalue weighted by atomic mass is 10.1. The zero-order valence-electron chi connectivity index (χ0n) is 15.0. The van der Waals surface area contributed by atoms with Gasteiger partial charge in [0.05, 0.1) is 16.0 Å². The number of fused-ring (bicyclic) bond motifs is 1. The molecule has 140 valence electrons. The van der Waals surface area contributed by atoms with Gasteiger partial charge in [0.2, 0.25) is 10.0 Å². The number of carbonyl (C=O) groups is 2. The predicted molar refractivity (Wildman–Crippen MR) is 99.9 cm³/mol. The number of piperidine rings is 1.